The average Bonchev–Trinajstić information content (AvgIpc) is 2.78. The topological polar surface area (TPSA) is 87.7 Å². The number of anilines is 1. The molecule has 0 heterocycles. The van der Waals surface area contributed by atoms with Crippen molar-refractivity contribution in [2.24, 2.45) is 0 Å². The summed E-state index contributed by atoms with van der Waals surface area (Å²) in [7, 11) is 1.75. The third-order valence-corrected chi connectivity index (χ3v) is 5.67. The molecule has 0 saturated heterocycles. The van der Waals surface area contributed by atoms with Gasteiger partial charge in [-0.15, -0.1) is 0 Å². The van der Waals surface area contributed by atoms with Crippen molar-refractivity contribution in [2.75, 3.05) is 19.0 Å². The summed E-state index contributed by atoms with van der Waals surface area (Å²) in [4.78, 5) is 37.9. The van der Waals surface area contributed by atoms with E-state index in [0.717, 1.165) is 18.3 Å². The lowest BCUT2D eigenvalue weighted by Crippen LogP contribution is -2.44. The Labute approximate surface area is 206 Å². The van der Waals surface area contributed by atoms with Gasteiger partial charge in [-0.05, 0) is 69.5 Å². The number of carbonyl (C=O) groups excluding carboxylic acids is 3. The Bertz CT molecular complexity index is 987. The van der Waals surface area contributed by atoms with Gasteiger partial charge in [0.05, 0.1) is 11.6 Å². The molecule has 0 aliphatic carbocycles. The maximum atomic E-state index is 12.7. The number of hydrogen-bond donors (Lipinski definition) is 2. The van der Waals surface area contributed by atoms with Crippen molar-refractivity contribution in [1.29, 1.82) is 0 Å². The molecule has 0 aliphatic heterocycles. The van der Waals surface area contributed by atoms with Crippen LogP contribution in [0.25, 0.3) is 0 Å². The second-order valence-electron chi connectivity index (χ2n) is 9.13. The van der Waals surface area contributed by atoms with Gasteiger partial charge in [-0.2, -0.15) is 0 Å². The maximum absolute atomic E-state index is 12.7. The largest absolute Gasteiger partial charge is 0.492 e. The molecule has 3 amide bonds. The Balaban J connectivity index is 2.02. The van der Waals surface area contributed by atoms with E-state index >= 15 is 0 Å². The van der Waals surface area contributed by atoms with Crippen LogP contribution in [0.3, 0.4) is 0 Å². The van der Waals surface area contributed by atoms with Gasteiger partial charge in [-0.25, -0.2) is 4.79 Å². The van der Waals surface area contributed by atoms with E-state index in [1.807, 2.05) is 39.8 Å². The molecule has 7 nitrogen and oxygen atoms in total. The van der Waals surface area contributed by atoms with Gasteiger partial charge >= 0.3 is 6.03 Å². The van der Waals surface area contributed by atoms with Gasteiger partial charge in [0, 0.05) is 36.3 Å². The number of nitrogens with zero attached hydrogens (tertiary/aromatic N) is 1. The standard InChI is InChI=1S/C26H34ClN3O4/c1-6-15-34-23-12-9-19(17-22(23)27)24(32)28-21(13-14-31)16-18-7-10-20(11-8-18)29-25(33)30(5)26(2,3)4/h7-12,14,17,21H,6,13,15-16H2,1-5H3,(H,28,32)(H,29,33)/t21-/m1/s1. The first-order valence-corrected chi connectivity index (χ1v) is 11.7. The first-order chi connectivity index (χ1) is 16.0. The summed E-state index contributed by atoms with van der Waals surface area (Å²) in [6.07, 6.45) is 2.28. The Kier molecular flexibility index (Phi) is 9.93. The normalized spacial score (nSPS) is 11.9. The fourth-order valence-electron chi connectivity index (χ4n) is 3.07. The highest BCUT2D eigenvalue weighted by atomic mass is 35.5. The molecule has 0 aromatic heterocycles. The molecule has 0 saturated carbocycles. The van der Waals surface area contributed by atoms with Crippen LogP contribution in [-0.4, -0.2) is 48.4 Å². The van der Waals surface area contributed by atoms with E-state index in [0.29, 0.717) is 35.1 Å². The minimum absolute atomic E-state index is 0.173. The molecule has 0 aliphatic rings. The van der Waals surface area contributed by atoms with Gasteiger partial charge in [0.25, 0.3) is 5.91 Å². The fraction of sp³-hybridized carbons (Fsp3) is 0.423. The van der Waals surface area contributed by atoms with E-state index in [4.69, 9.17) is 16.3 Å². The minimum atomic E-state index is -0.382. The molecule has 0 spiro atoms. The quantitative estimate of drug-likeness (QED) is 0.444. The zero-order chi connectivity index (χ0) is 25.3. The fourth-order valence-corrected chi connectivity index (χ4v) is 3.31. The van der Waals surface area contributed by atoms with Gasteiger partial charge in [0.1, 0.15) is 12.0 Å². The molecule has 1 atom stereocenters. The van der Waals surface area contributed by atoms with Crippen molar-refractivity contribution in [1.82, 2.24) is 10.2 Å². The second kappa shape index (κ2) is 12.4. The summed E-state index contributed by atoms with van der Waals surface area (Å²) in [5.41, 5.74) is 1.69. The highest BCUT2D eigenvalue weighted by molar-refractivity contribution is 6.32. The number of rotatable bonds is 10. The lowest BCUT2D eigenvalue weighted by atomic mass is 10.0. The van der Waals surface area contributed by atoms with Gasteiger partial charge in [0.2, 0.25) is 0 Å². The van der Waals surface area contributed by atoms with Crippen LogP contribution >= 0.6 is 11.6 Å². The summed E-state index contributed by atoms with van der Waals surface area (Å²) in [6, 6.07) is 11.6. The molecule has 2 aromatic rings. The number of ether oxygens (including phenoxy) is 1. The smallest absolute Gasteiger partial charge is 0.322 e. The van der Waals surface area contributed by atoms with Gasteiger partial charge in [0.15, 0.2) is 0 Å². The minimum Gasteiger partial charge on any atom is -0.492 e. The Morgan fingerprint density at radius 1 is 1.15 bits per heavy atom. The highest BCUT2D eigenvalue weighted by Crippen LogP contribution is 2.26. The third kappa shape index (κ3) is 8.06. The van der Waals surface area contributed by atoms with Crippen LogP contribution in [0.1, 0.15) is 56.5 Å². The number of amides is 3. The number of halogens is 1. The first kappa shape index (κ1) is 27.2. The highest BCUT2D eigenvalue weighted by Gasteiger charge is 2.22. The van der Waals surface area contributed by atoms with Crippen molar-refractivity contribution in [3.63, 3.8) is 0 Å². The monoisotopic (exact) mass is 487 g/mol. The van der Waals surface area contributed by atoms with Crippen molar-refractivity contribution >= 4 is 35.5 Å². The summed E-state index contributed by atoms with van der Waals surface area (Å²) in [6.45, 7) is 8.42. The van der Waals surface area contributed by atoms with Crippen LogP contribution in [0.15, 0.2) is 42.5 Å². The molecule has 0 bridgehead atoms. The number of aldehydes is 1. The maximum Gasteiger partial charge on any atom is 0.322 e. The molecule has 184 valence electrons. The van der Waals surface area contributed by atoms with Crippen molar-refractivity contribution < 1.29 is 19.1 Å². The van der Waals surface area contributed by atoms with Crippen LogP contribution in [0.5, 0.6) is 5.75 Å². The molecular formula is C26H34ClN3O4. The molecule has 0 fully saturated rings. The van der Waals surface area contributed by atoms with E-state index < -0.39 is 0 Å². The lowest BCUT2D eigenvalue weighted by Gasteiger charge is -2.31. The van der Waals surface area contributed by atoms with E-state index in [-0.39, 0.29) is 29.9 Å². The van der Waals surface area contributed by atoms with Crippen LogP contribution in [0.4, 0.5) is 10.5 Å². The average molecular weight is 488 g/mol. The van der Waals surface area contributed by atoms with E-state index in [2.05, 4.69) is 10.6 Å². The summed E-state index contributed by atoms with van der Waals surface area (Å²) >= 11 is 6.24. The van der Waals surface area contributed by atoms with Crippen LogP contribution in [0, 0.1) is 0 Å². The number of urea groups is 1. The molecule has 0 radical (unpaired) electrons. The molecule has 2 rings (SSSR count). The van der Waals surface area contributed by atoms with Crippen molar-refractivity contribution in [3.05, 3.63) is 58.6 Å². The van der Waals surface area contributed by atoms with E-state index in [9.17, 15) is 14.4 Å². The molecule has 34 heavy (non-hydrogen) atoms. The van der Waals surface area contributed by atoms with E-state index in [1.54, 1.807) is 42.3 Å². The lowest BCUT2D eigenvalue weighted by molar-refractivity contribution is -0.108. The van der Waals surface area contributed by atoms with Gasteiger partial charge in [-0.1, -0.05) is 30.7 Å². The summed E-state index contributed by atoms with van der Waals surface area (Å²) in [5, 5.41) is 6.14. The number of benzene rings is 2. The SMILES string of the molecule is CCCOc1ccc(C(=O)N[C@H](CC=O)Cc2ccc(NC(=O)N(C)C(C)(C)C)cc2)cc1Cl. The van der Waals surface area contributed by atoms with Crippen LogP contribution in [0.2, 0.25) is 5.02 Å². The Morgan fingerprint density at radius 3 is 2.38 bits per heavy atom. The summed E-state index contributed by atoms with van der Waals surface area (Å²) < 4.78 is 5.54. The molecular weight excluding hydrogens is 454 g/mol. The van der Waals surface area contributed by atoms with Crippen LogP contribution in [-0.2, 0) is 11.2 Å². The number of carbonyl (C=O) groups is 3. The molecule has 2 N–H and O–H groups in total. The zero-order valence-corrected chi connectivity index (χ0v) is 21.2. The Morgan fingerprint density at radius 2 is 1.82 bits per heavy atom. The van der Waals surface area contributed by atoms with Crippen LogP contribution < -0.4 is 15.4 Å². The second-order valence-corrected chi connectivity index (χ2v) is 9.53. The first-order valence-electron chi connectivity index (χ1n) is 11.4. The number of nitrogens with one attached hydrogen (secondary N) is 2. The predicted octanol–water partition coefficient (Wildman–Crippen LogP) is 5.32. The number of hydrogen-bond acceptors (Lipinski definition) is 4. The zero-order valence-electron chi connectivity index (χ0n) is 20.5. The van der Waals surface area contributed by atoms with Crippen molar-refractivity contribution in [3.8, 4) is 5.75 Å². The van der Waals surface area contributed by atoms with E-state index in [1.165, 1.54) is 0 Å². The third-order valence-electron chi connectivity index (χ3n) is 5.37. The molecule has 8 heteroatoms. The predicted molar refractivity (Wildman–Crippen MR) is 136 cm³/mol. The van der Waals surface area contributed by atoms with Crippen molar-refractivity contribution in [2.45, 2.75) is 58.5 Å². The van der Waals surface area contributed by atoms with Gasteiger partial charge in [-0.3, -0.25) is 4.79 Å². The molecule has 2 aromatic carbocycles. The molecule has 0 unspecified atom stereocenters. The Hall–Kier alpha value is -3.06. The van der Waals surface area contributed by atoms with Gasteiger partial charge < -0.3 is 25.1 Å². The summed E-state index contributed by atoms with van der Waals surface area (Å²) in [5.74, 6) is 0.218.